The largest absolute Gasteiger partial charge is 0.496 e. The molecule has 24 heavy (non-hydrogen) atoms. The van der Waals surface area contributed by atoms with Crippen molar-refractivity contribution in [1.82, 2.24) is 10.6 Å². The van der Waals surface area contributed by atoms with Crippen LogP contribution in [0.4, 0.5) is 0 Å². The molecule has 0 aliphatic carbocycles. The van der Waals surface area contributed by atoms with Crippen molar-refractivity contribution in [3.05, 3.63) is 59.7 Å². The van der Waals surface area contributed by atoms with Gasteiger partial charge in [-0.2, -0.15) is 0 Å². The zero-order chi connectivity index (χ0) is 17.2. The van der Waals surface area contributed by atoms with Crippen molar-refractivity contribution in [1.29, 1.82) is 0 Å². The molecule has 0 saturated heterocycles. The van der Waals surface area contributed by atoms with E-state index >= 15 is 0 Å². The molecule has 128 valence electrons. The second kappa shape index (κ2) is 10.2. The molecule has 0 aliphatic heterocycles. The molecule has 0 saturated carbocycles. The first-order valence-electron chi connectivity index (χ1n) is 8.02. The van der Waals surface area contributed by atoms with Crippen LogP contribution in [-0.2, 0) is 6.42 Å². The summed E-state index contributed by atoms with van der Waals surface area (Å²) in [4.78, 5) is 1.28. The number of benzene rings is 2. The van der Waals surface area contributed by atoms with E-state index in [0.717, 1.165) is 31.0 Å². The average molecular weight is 361 g/mol. The molecule has 0 aromatic heterocycles. The van der Waals surface area contributed by atoms with Crippen molar-refractivity contribution in [2.75, 3.05) is 26.0 Å². The van der Waals surface area contributed by atoms with Gasteiger partial charge in [0.15, 0.2) is 5.11 Å². The van der Waals surface area contributed by atoms with Crippen LogP contribution in [0.25, 0.3) is 0 Å². The van der Waals surface area contributed by atoms with Crippen LogP contribution in [0.5, 0.6) is 5.75 Å². The Morgan fingerprint density at radius 1 is 1.08 bits per heavy atom. The second-order valence-electron chi connectivity index (χ2n) is 5.41. The van der Waals surface area contributed by atoms with Gasteiger partial charge in [-0.15, -0.1) is 11.8 Å². The van der Waals surface area contributed by atoms with E-state index in [1.165, 1.54) is 16.0 Å². The van der Waals surface area contributed by atoms with E-state index in [4.69, 9.17) is 17.0 Å². The summed E-state index contributed by atoms with van der Waals surface area (Å²) in [6, 6.07) is 16.6. The molecule has 2 rings (SSSR count). The summed E-state index contributed by atoms with van der Waals surface area (Å²) >= 11 is 7.15. The summed E-state index contributed by atoms with van der Waals surface area (Å²) in [7, 11) is 1.71. The third kappa shape index (κ3) is 6.42. The predicted octanol–water partition coefficient (Wildman–Crippen LogP) is 3.80. The Kier molecular flexibility index (Phi) is 7.92. The van der Waals surface area contributed by atoms with Crippen LogP contribution < -0.4 is 15.4 Å². The monoisotopic (exact) mass is 360 g/mol. The van der Waals surface area contributed by atoms with Gasteiger partial charge in [0.05, 0.1) is 7.11 Å². The minimum Gasteiger partial charge on any atom is -0.496 e. The van der Waals surface area contributed by atoms with Crippen molar-refractivity contribution in [3.8, 4) is 5.75 Å². The number of rotatable bonds is 8. The lowest BCUT2D eigenvalue weighted by Gasteiger charge is -2.12. The quantitative estimate of drug-likeness (QED) is 0.425. The van der Waals surface area contributed by atoms with Crippen LogP contribution >= 0.6 is 24.0 Å². The van der Waals surface area contributed by atoms with Gasteiger partial charge in [-0.25, -0.2) is 0 Å². The molecule has 0 radical (unpaired) electrons. The Morgan fingerprint density at radius 2 is 1.83 bits per heavy atom. The van der Waals surface area contributed by atoms with Gasteiger partial charge >= 0.3 is 0 Å². The van der Waals surface area contributed by atoms with Gasteiger partial charge in [-0.3, -0.25) is 0 Å². The van der Waals surface area contributed by atoms with Crippen LogP contribution in [0, 0.1) is 6.92 Å². The third-order valence-corrected chi connectivity index (χ3v) is 4.82. The highest BCUT2D eigenvalue weighted by molar-refractivity contribution is 7.99. The first kappa shape index (κ1) is 18.6. The summed E-state index contributed by atoms with van der Waals surface area (Å²) in [5.41, 5.74) is 2.44. The molecule has 0 heterocycles. The smallest absolute Gasteiger partial charge is 0.166 e. The fourth-order valence-electron chi connectivity index (χ4n) is 2.33. The minimum absolute atomic E-state index is 0.704. The molecular formula is C19H24N2OS2. The maximum Gasteiger partial charge on any atom is 0.166 e. The molecular weight excluding hydrogens is 336 g/mol. The summed E-state index contributed by atoms with van der Waals surface area (Å²) in [5, 5.41) is 7.21. The predicted molar refractivity (Wildman–Crippen MR) is 107 cm³/mol. The molecule has 0 aliphatic rings. The van der Waals surface area contributed by atoms with Crippen LogP contribution in [-0.4, -0.2) is 31.1 Å². The van der Waals surface area contributed by atoms with Crippen molar-refractivity contribution < 1.29 is 4.74 Å². The molecule has 0 bridgehead atoms. The Bertz CT molecular complexity index is 647. The number of ether oxygens (including phenoxy) is 1. The van der Waals surface area contributed by atoms with Gasteiger partial charge in [-0.1, -0.05) is 35.9 Å². The Balaban J connectivity index is 1.64. The number of aryl methyl sites for hydroxylation is 1. The molecule has 0 amide bonds. The number of methoxy groups -OCH3 is 1. The van der Waals surface area contributed by atoms with Gasteiger partial charge in [-0.05, 0) is 49.3 Å². The van der Waals surface area contributed by atoms with E-state index in [-0.39, 0.29) is 0 Å². The normalized spacial score (nSPS) is 10.2. The molecule has 2 aromatic carbocycles. The van der Waals surface area contributed by atoms with Crippen LogP contribution in [0.15, 0.2) is 53.4 Å². The second-order valence-corrected chi connectivity index (χ2v) is 6.99. The molecule has 2 N–H and O–H groups in total. The number of thiocarbonyl (C=S) groups is 1. The summed E-state index contributed by atoms with van der Waals surface area (Å²) in [5.74, 6) is 1.91. The highest BCUT2D eigenvalue weighted by Gasteiger charge is 2.03. The number of thioether (sulfide) groups is 1. The van der Waals surface area contributed by atoms with Gasteiger partial charge in [0.25, 0.3) is 0 Å². The molecule has 0 atom stereocenters. The molecule has 0 spiro atoms. The molecule has 3 nitrogen and oxygen atoms in total. The Labute approximate surface area is 154 Å². The van der Waals surface area contributed by atoms with Crippen molar-refractivity contribution in [2.24, 2.45) is 0 Å². The lowest BCUT2D eigenvalue weighted by atomic mass is 10.1. The van der Waals surface area contributed by atoms with E-state index in [9.17, 15) is 0 Å². The highest BCUT2D eigenvalue weighted by atomic mass is 32.2. The van der Waals surface area contributed by atoms with Gasteiger partial charge in [0.2, 0.25) is 0 Å². The zero-order valence-corrected chi connectivity index (χ0v) is 15.8. The average Bonchev–Trinajstić information content (AvgIpc) is 2.60. The number of nitrogens with one attached hydrogen (secondary N) is 2. The van der Waals surface area contributed by atoms with E-state index in [1.54, 1.807) is 7.11 Å². The van der Waals surface area contributed by atoms with Crippen LogP contribution in [0.3, 0.4) is 0 Å². The van der Waals surface area contributed by atoms with E-state index < -0.39 is 0 Å². The SMILES string of the molecule is COc1ccc(C)cc1CCNC(=S)NCCSc1ccccc1. The lowest BCUT2D eigenvalue weighted by molar-refractivity contribution is 0.409. The third-order valence-electron chi connectivity index (χ3n) is 3.52. The highest BCUT2D eigenvalue weighted by Crippen LogP contribution is 2.19. The van der Waals surface area contributed by atoms with Gasteiger partial charge in [0.1, 0.15) is 5.75 Å². The van der Waals surface area contributed by atoms with Crippen LogP contribution in [0.2, 0.25) is 0 Å². The Hall–Kier alpha value is -1.72. The fourth-order valence-corrected chi connectivity index (χ4v) is 3.32. The zero-order valence-electron chi connectivity index (χ0n) is 14.2. The first-order valence-corrected chi connectivity index (χ1v) is 9.41. The van der Waals surface area contributed by atoms with Gasteiger partial charge in [0, 0.05) is 23.7 Å². The van der Waals surface area contributed by atoms with Crippen molar-refractivity contribution in [3.63, 3.8) is 0 Å². The van der Waals surface area contributed by atoms with Crippen LogP contribution in [0.1, 0.15) is 11.1 Å². The number of hydrogen-bond acceptors (Lipinski definition) is 3. The topological polar surface area (TPSA) is 33.3 Å². The van der Waals surface area contributed by atoms with Gasteiger partial charge < -0.3 is 15.4 Å². The molecule has 0 unspecified atom stereocenters. The maximum absolute atomic E-state index is 5.40. The number of hydrogen-bond donors (Lipinski definition) is 2. The van der Waals surface area contributed by atoms with E-state index in [0.29, 0.717) is 5.11 Å². The summed E-state index contributed by atoms with van der Waals surface area (Å²) in [6.45, 7) is 3.73. The fraction of sp³-hybridized carbons (Fsp3) is 0.316. The minimum atomic E-state index is 0.704. The lowest BCUT2D eigenvalue weighted by Crippen LogP contribution is -2.37. The molecule has 2 aromatic rings. The first-order chi connectivity index (χ1) is 11.7. The standard InChI is InChI=1S/C19H24N2OS2/c1-15-8-9-18(22-2)16(14-15)10-11-20-19(23)21-12-13-24-17-6-4-3-5-7-17/h3-9,14H,10-13H2,1-2H3,(H2,20,21,23). The molecule has 5 heteroatoms. The van der Waals surface area contributed by atoms with Crippen molar-refractivity contribution >= 4 is 29.1 Å². The summed E-state index contributed by atoms with van der Waals surface area (Å²) in [6.07, 6.45) is 0.880. The Morgan fingerprint density at radius 3 is 2.58 bits per heavy atom. The van der Waals surface area contributed by atoms with E-state index in [1.807, 2.05) is 23.9 Å². The van der Waals surface area contributed by atoms with Crippen molar-refractivity contribution in [2.45, 2.75) is 18.2 Å². The molecule has 0 fully saturated rings. The summed E-state index contributed by atoms with van der Waals surface area (Å²) < 4.78 is 5.40. The van der Waals surface area contributed by atoms with E-state index in [2.05, 4.69) is 54.0 Å². The maximum atomic E-state index is 5.40.